The van der Waals surface area contributed by atoms with Crippen LogP contribution in [0.5, 0.6) is 5.75 Å². The Morgan fingerprint density at radius 3 is 2.70 bits per heavy atom. The Balaban J connectivity index is 2.13. The Morgan fingerprint density at radius 2 is 2.10 bits per heavy atom. The fraction of sp³-hybridized carbons (Fsp3) is 0.357. The highest BCUT2D eigenvalue weighted by atomic mass is 32.1. The summed E-state index contributed by atoms with van der Waals surface area (Å²) in [6.07, 6.45) is 0.827. The summed E-state index contributed by atoms with van der Waals surface area (Å²) in [6, 6.07) is 1.88. The molecule has 0 bridgehead atoms. The van der Waals surface area contributed by atoms with Crippen molar-refractivity contribution >= 4 is 28.5 Å². The van der Waals surface area contributed by atoms with Gasteiger partial charge in [-0.15, -0.1) is 11.3 Å². The maximum Gasteiger partial charge on any atom is 0.133 e. The molecule has 0 aromatic carbocycles. The highest BCUT2D eigenvalue weighted by molar-refractivity contribution is 7.80. The lowest BCUT2D eigenvalue weighted by Crippen LogP contribution is -2.15. The molecule has 0 saturated carbocycles. The second-order valence-electron chi connectivity index (χ2n) is 4.55. The third-order valence-corrected chi connectivity index (χ3v) is 4.17. The first-order chi connectivity index (χ1) is 9.49. The van der Waals surface area contributed by atoms with Crippen LogP contribution in [-0.2, 0) is 6.42 Å². The first kappa shape index (κ1) is 14.9. The molecule has 0 fully saturated rings. The van der Waals surface area contributed by atoms with Crippen molar-refractivity contribution in [2.45, 2.75) is 27.2 Å². The lowest BCUT2D eigenvalue weighted by molar-refractivity contribution is 0.321. The van der Waals surface area contributed by atoms with Crippen molar-refractivity contribution in [3.05, 3.63) is 39.1 Å². The van der Waals surface area contributed by atoms with Crippen LogP contribution in [0.3, 0.4) is 0 Å². The minimum Gasteiger partial charge on any atom is -0.492 e. The average molecular weight is 307 g/mol. The predicted molar refractivity (Wildman–Crippen MR) is 85.6 cm³/mol. The van der Waals surface area contributed by atoms with Crippen molar-refractivity contribution in [1.29, 1.82) is 0 Å². The summed E-state index contributed by atoms with van der Waals surface area (Å²) in [6.45, 7) is 6.40. The van der Waals surface area contributed by atoms with Crippen LogP contribution in [-0.4, -0.2) is 21.6 Å². The monoisotopic (exact) mass is 307 g/mol. The molecule has 20 heavy (non-hydrogen) atoms. The summed E-state index contributed by atoms with van der Waals surface area (Å²) in [7, 11) is 0. The van der Waals surface area contributed by atoms with E-state index in [1.54, 1.807) is 11.3 Å². The number of ether oxygens (including phenoxy) is 1. The van der Waals surface area contributed by atoms with Gasteiger partial charge in [0.05, 0.1) is 29.1 Å². The van der Waals surface area contributed by atoms with E-state index in [-0.39, 0.29) is 0 Å². The molecule has 0 spiro atoms. The van der Waals surface area contributed by atoms with Crippen LogP contribution >= 0.6 is 23.6 Å². The summed E-state index contributed by atoms with van der Waals surface area (Å²) in [4.78, 5) is 10.2. The van der Waals surface area contributed by atoms with Gasteiger partial charge < -0.3 is 10.5 Å². The molecule has 0 aliphatic carbocycles. The van der Waals surface area contributed by atoms with Gasteiger partial charge in [0, 0.05) is 23.1 Å². The van der Waals surface area contributed by atoms with Gasteiger partial charge in [-0.3, -0.25) is 4.98 Å². The first-order valence-electron chi connectivity index (χ1n) is 6.29. The van der Waals surface area contributed by atoms with Crippen LogP contribution in [0.2, 0.25) is 0 Å². The Morgan fingerprint density at radius 1 is 1.35 bits per heavy atom. The number of pyridine rings is 1. The van der Waals surface area contributed by atoms with E-state index in [4.69, 9.17) is 22.7 Å². The molecule has 2 heterocycles. The van der Waals surface area contributed by atoms with Gasteiger partial charge in [-0.25, -0.2) is 4.98 Å². The number of rotatable bonds is 5. The average Bonchev–Trinajstić information content (AvgIpc) is 2.73. The third-order valence-electron chi connectivity index (χ3n) is 2.97. The number of aromatic nitrogens is 2. The van der Waals surface area contributed by atoms with E-state index < -0.39 is 0 Å². The van der Waals surface area contributed by atoms with E-state index in [2.05, 4.69) is 9.97 Å². The quantitative estimate of drug-likeness (QED) is 0.861. The number of aryl methyl sites for hydroxylation is 3. The maximum absolute atomic E-state index is 5.86. The summed E-state index contributed by atoms with van der Waals surface area (Å²) in [5, 5.41) is 0. The fourth-order valence-electron chi connectivity index (χ4n) is 2.03. The largest absolute Gasteiger partial charge is 0.492 e. The molecular formula is C14H17N3OS2. The predicted octanol–water partition coefficient (Wildman–Crippen LogP) is 2.72. The van der Waals surface area contributed by atoms with E-state index in [1.807, 2.05) is 32.3 Å². The van der Waals surface area contributed by atoms with Crippen molar-refractivity contribution in [2.24, 2.45) is 5.73 Å². The standard InChI is InChI=1S/C14H17N3OS2/c1-8-6-11(13(14(15)19)10(3)17-8)18-5-4-12-9(2)16-7-20-12/h6-7H,4-5H2,1-3H3,(H2,15,19). The van der Waals surface area contributed by atoms with Crippen LogP contribution in [0, 0.1) is 20.8 Å². The van der Waals surface area contributed by atoms with Gasteiger partial charge in [0.1, 0.15) is 10.7 Å². The topological polar surface area (TPSA) is 61.0 Å². The summed E-state index contributed by atoms with van der Waals surface area (Å²) in [5.41, 5.74) is 11.1. The molecule has 106 valence electrons. The maximum atomic E-state index is 5.86. The van der Waals surface area contributed by atoms with E-state index in [0.29, 0.717) is 17.3 Å². The van der Waals surface area contributed by atoms with Gasteiger partial charge in [-0.2, -0.15) is 0 Å². The molecule has 0 aliphatic heterocycles. The number of hydrogen-bond donors (Lipinski definition) is 1. The zero-order valence-electron chi connectivity index (χ0n) is 11.8. The van der Waals surface area contributed by atoms with E-state index >= 15 is 0 Å². The summed E-state index contributed by atoms with van der Waals surface area (Å²) < 4.78 is 5.86. The Bertz CT molecular complexity index is 637. The summed E-state index contributed by atoms with van der Waals surface area (Å²) >= 11 is 6.73. The van der Waals surface area contributed by atoms with Crippen molar-refractivity contribution in [1.82, 2.24) is 9.97 Å². The molecule has 2 aromatic heterocycles. The molecule has 0 saturated heterocycles. The number of thiazole rings is 1. The summed E-state index contributed by atoms with van der Waals surface area (Å²) in [5.74, 6) is 0.713. The van der Waals surface area contributed by atoms with E-state index in [0.717, 1.165) is 29.1 Å². The van der Waals surface area contributed by atoms with Gasteiger partial charge in [0.2, 0.25) is 0 Å². The van der Waals surface area contributed by atoms with Crippen LogP contribution in [0.4, 0.5) is 0 Å². The molecule has 0 unspecified atom stereocenters. The molecule has 6 heteroatoms. The number of nitrogens with zero attached hydrogens (tertiary/aromatic N) is 2. The highest BCUT2D eigenvalue weighted by Gasteiger charge is 2.12. The number of thiocarbonyl (C=S) groups is 1. The van der Waals surface area contributed by atoms with Gasteiger partial charge in [0.25, 0.3) is 0 Å². The SMILES string of the molecule is Cc1cc(OCCc2scnc2C)c(C(N)=S)c(C)n1. The Hall–Kier alpha value is -1.53. The highest BCUT2D eigenvalue weighted by Crippen LogP contribution is 2.23. The van der Waals surface area contributed by atoms with Crippen LogP contribution < -0.4 is 10.5 Å². The molecule has 4 nitrogen and oxygen atoms in total. The van der Waals surface area contributed by atoms with Crippen LogP contribution in [0.1, 0.15) is 27.5 Å². The molecule has 2 aromatic rings. The molecule has 0 radical (unpaired) electrons. The zero-order valence-corrected chi connectivity index (χ0v) is 13.4. The fourth-order valence-corrected chi connectivity index (χ4v) is 3.04. The minimum absolute atomic E-state index is 0.318. The van der Waals surface area contributed by atoms with Crippen LogP contribution in [0.15, 0.2) is 11.6 Å². The van der Waals surface area contributed by atoms with E-state index in [1.165, 1.54) is 4.88 Å². The molecule has 2 N–H and O–H groups in total. The lowest BCUT2D eigenvalue weighted by Gasteiger charge is -2.13. The second-order valence-corrected chi connectivity index (χ2v) is 5.92. The number of nitrogens with two attached hydrogens (primary N) is 1. The Kier molecular flexibility index (Phi) is 4.67. The normalized spacial score (nSPS) is 10.6. The van der Waals surface area contributed by atoms with Crippen molar-refractivity contribution < 1.29 is 4.74 Å². The smallest absolute Gasteiger partial charge is 0.133 e. The molecular weight excluding hydrogens is 290 g/mol. The third kappa shape index (κ3) is 3.32. The molecule has 0 atom stereocenters. The molecule has 0 amide bonds. The second kappa shape index (κ2) is 6.28. The Labute approximate surface area is 128 Å². The van der Waals surface area contributed by atoms with Crippen LogP contribution in [0.25, 0.3) is 0 Å². The minimum atomic E-state index is 0.318. The van der Waals surface area contributed by atoms with Crippen molar-refractivity contribution in [3.8, 4) is 5.75 Å². The van der Waals surface area contributed by atoms with Gasteiger partial charge >= 0.3 is 0 Å². The van der Waals surface area contributed by atoms with Crippen molar-refractivity contribution in [2.75, 3.05) is 6.61 Å². The zero-order chi connectivity index (χ0) is 14.7. The lowest BCUT2D eigenvalue weighted by atomic mass is 10.1. The number of hydrogen-bond acceptors (Lipinski definition) is 5. The van der Waals surface area contributed by atoms with Gasteiger partial charge in [-0.1, -0.05) is 12.2 Å². The first-order valence-corrected chi connectivity index (χ1v) is 7.57. The van der Waals surface area contributed by atoms with E-state index in [9.17, 15) is 0 Å². The molecule has 2 rings (SSSR count). The van der Waals surface area contributed by atoms with Gasteiger partial charge in [0.15, 0.2) is 0 Å². The van der Waals surface area contributed by atoms with Crippen molar-refractivity contribution in [3.63, 3.8) is 0 Å². The van der Waals surface area contributed by atoms with Gasteiger partial charge in [-0.05, 0) is 20.8 Å². The molecule has 0 aliphatic rings.